The van der Waals surface area contributed by atoms with Crippen LogP contribution in [0.3, 0.4) is 0 Å². The quantitative estimate of drug-likeness (QED) is 0.904. The molecule has 2 aromatic rings. The second-order valence-electron chi connectivity index (χ2n) is 4.57. The average Bonchev–Trinajstić information content (AvgIpc) is 2.90. The van der Waals surface area contributed by atoms with Crippen LogP contribution in [-0.2, 0) is 0 Å². The second-order valence-corrected chi connectivity index (χ2v) is 5.01. The summed E-state index contributed by atoms with van der Waals surface area (Å²) >= 11 is 5.88. The molecule has 0 spiro atoms. The maximum absolute atomic E-state index is 5.88. The van der Waals surface area contributed by atoms with E-state index in [4.69, 9.17) is 11.6 Å². The largest absolute Gasteiger partial charge is 0.317 e. The molecule has 1 aromatic heterocycles. The van der Waals surface area contributed by atoms with E-state index in [1.54, 1.807) is 0 Å². The molecule has 94 valence electrons. The minimum atomic E-state index is 0.472. The van der Waals surface area contributed by atoms with Crippen molar-refractivity contribution in [1.29, 1.82) is 0 Å². The molecular weight excluding hydrogens is 248 g/mol. The lowest BCUT2D eigenvalue weighted by Gasteiger charge is -2.22. The fourth-order valence-corrected chi connectivity index (χ4v) is 2.41. The van der Waals surface area contributed by atoms with Crippen molar-refractivity contribution in [1.82, 2.24) is 20.3 Å². The van der Waals surface area contributed by atoms with E-state index in [0.717, 1.165) is 42.2 Å². The molecule has 1 aromatic carbocycles. The Morgan fingerprint density at radius 3 is 2.61 bits per heavy atom. The van der Waals surface area contributed by atoms with Gasteiger partial charge in [-0.3, -0.25) is 0 Å². The van der Waals surface area contributed by atoms with Gasteiger partial charge in [0.15, 0.2) is 0 Å². The van der Waals surface area contributed by atoms with Gasteiger partial charge in [-0.15, -0.1) is 5.10 Å². The third kappa shape index (κ3) is 2.40. The predicted octanol–water partition coefficient (Wildman–Crippen LogP) is 2.52. The Hall–Kier alpha value is -1.39. The van der Waals surface area contributed by atoms with Crippen LogP contribution >= 0.6 is 11.6 Å². The summed E-state index contributed by atoms with van der Waals surface area (Å²) in [5.74, 6) is 0. The Balaban J connectivity index is 1.82. The van der Waals surface area contributed by atoms with E-state index in [0.29, 0.717) is 6.04 Å². The van der Waals surface area contributed by atoms with Gasteiger partial charge < -0.3 is 5.32 Å². The number of piperidine rings is 1. The van der Waals surface area contributed by atoms with Gasteiger partial charge in [-0.25, -0.2) is 4.68 Å². The van der Waals surface area contributed by atoms with Crippen LogP contribution in [0.1, 0.15) is 18.9 Å². The molecule has 1 saturated heterocycles. The normalized spacial score (nSPS) is 16.9. The number of benzene rings is 1. The van der Waals surface area contributed by atoms with Gasteiger partial charge in [0.2, 0.25) is 0 Å². The molecule has 0 aliphatic carbocycles. The summed E-state index contributed by atoms with van der Waals surface area (Å²) in [7, 11) is 0. The molecule has 1 fully saturated rings. The summed E-state index contributed by atoms with van der Waals surface area (Å²) in [6.07, 6.45) is 4.26. The van der Waals surface area contributed by atoms with Crippen LogP contribution in [0.2, 0.25) is 5.02 Å². The van der Waals surface area contributed by atoms with Gasteiger partial charge in [0.1, 0.15) is 5.69 Å². The third-order valence-electron chi connectivity index (χ3n) is 3.33. The van der Waals surface area contributed by atoms with E-state index in [1.165, 1.54) is 0 Å². The van der Waals surface area contributed by atoms with E-state index in [2.05, 4.69) is 15.6 Å². The molecule has 3 rings (SSSR count). The molecule has 0 amide bonds. The number of aromatic nitrogens is 3. The van der Waals surface area contributed by atoms with Crippen molar-refractivity contribution in [3.8, 4) is 11.3 Å². The number of rotatable bonds is 2. The Morgan fingerprint density at radius 2 is 1.89 bits per heavy atom. The molecule has 2 heterocycles. The number of nitrogens with one attached hydrogen (secondary N) is 1. The number of nitrogens with zero attached hydrogens (tertiary/aromatic N) is 3. The predicted molar refractivity (Wildman–Crippen MR) is 71.6 cm³/mol. The first-order valence-electron chi connectivity index (χ1n) is 6.21. The van der Waals surface area contributed by atoms with Crippen LogP contribution in [0.25, 0.3) is 11.3 Å². The van der Waals surface area contributed by atoms with Crippen LogP contribution in [-0.4, -0.2) is 28.1 Å². The van der Waals surface area contributed by atoms with Crippen molar-refractivity contribution in [2.75, 3.05) is 13.1 Å². The minimum Gasteiger partial charge on any atom is -0.317 e. The van der Waals surface area contributed by atoms with E-state index in [-0.39, 0.29) is 0 Å². The summed E-state index contributed by atoms with van der Waals surface area (Å²) in [6, 6.07) is 8.17. The Morgan fingerprint density at radius 1 is 1.17 bits per heavy atom. The minimum absolute atomic E-state index is 0.472. The Labute approximate surface area is 111 Å². The van der Waals surface area contributed by atoms with E-state index < -0.39 is 0 Å². The zero-order valence-corrected chi connectivity index (χ0v) is 10.8. The van der Waals surface area contributed by atoms with Crippen molar-refractivity contribution < 1.29 is 0 Å². The lowest BCUT2D eigenvalue weighted by Crippen LogP contribution is -2.29. The van der Waals surface area contributed by atoms with E-state index in [1.807, 2.05) is 35.1 Å². The van der Waals surface area contributed by atoms with Crippen LogP contribution in [0.4, 0.5) is 0 Å². The van der Waals surface area contributed by atoms with Crippen molar-refractivity contribution in [3.63, 3.8) is 0 Å². The van der Waals surface area contributed by atoms with Gasteiger partial charge in [-0.2, -0.15) is 0 Å². The highest BCUT2D eigenvalue weighted by molar-refractivity contribution is 6.30. The lowest BCUT2D eigenvalue weighted by molar-refractivity contribution is 0.337. The van der Waals surface area contributed by atoms with Crippen molar-refractivity contribution in [2.24, 2.45) is 0 Å². The summed E-state index contributed by atoms with van der Waals surface area (Å²) in [5.41, 5.74) is 1.96. The number of hydrogen-bond donors (Lipinski definition) is 1. The maximum atomic E-state index is 5.88. The molecule has 1 aliphatic rings. The highest BCUT2D eigenvalue weighted by Gasteiger charge is 2.16. The highest BCUT2D eigenvalue weighted by atomic mass is 35.5. The molecule has 5 heteroatoms. The topological polar surface area (TPSA) is 42.7 Å². The van der Waals surface area contributed by atoms with Gasteiger partial charge in [0.05, 0.1) is 12.2 Å². The molecule has 1 aliphatic heterocycles. The van der Waals surface area contributed by atoms with Crippen molar-refractivity contribution >= 4 is 11.6 Å². The zero-order chi connectivity index (χ0) is 12.4. The number of halogens is 1. The monoisotopic (exact) mass is 262 g/mol. The van der Waals surface area contributed by atoms with Crippen LogP contribution in [0, 0.1) is 0 Å². The SMILES string of the molecule is Clc1ccc(-c2cn(C3CCNCC3)nn2)cc1. The lowest BCUT2D eigenvalue weighted by atomic mass is 10.1. The third-order valence-corrected chi connectivity index (χ3v) is 3.59. The maximum Gasteiger partial charge on any atom is 0.113 e. The molecule has 1 N–H and O–H groups in total. The van der Waals surface area contributed by atoms with E-state index >= 15 is 0 Å². The first kappa shape index (κ1) is 11.7. The first-order chi connectivity index (χ1) is 8.83. The molecule has 18 heavy (non-hydrogen) atoms. The van der Waals surface area contributed by atoms with E-state index in [9.17, 15) is 0 Å². The summed E-state index contributed by atoms with van der Waals surface area (Å²) in [5, 5.41) is 12.6. The summed E-state index contributed by atoms with van der Waals surface area (Å²) < 4.78 is 1.99. The molecule has 0 saturated carbocycles. The smallest absolute Gasteiger partial charge is 0.113 e. The summed E-state index contributed by atoms with van der Waals surface area (Å²) in [6.45, 7) is 2.11. The standard InChI is InChI=1S/C13H15ClN4/c14-11-3-1-10(2-4-11)13-9-18(17-16-13)12-5-7-15-8-6-12/h1-4,9,12,15H,5-8H2. The molecule has 0 bridgehead atoms. The van der Waals surface area contributed by atoms with Crippen molar-refractivity contribution in [2.45, 2.75) is 18.9 Å². The Bertz CT molecular complexity index is 514. The van der Waals surface area contributed by atoms with Crippen LogP contribution < -0.4 is 5.32 Å². The molecule has 0 radical (unpaired) electrons. The molecule has 4 nitrogen and oxygen atoms in total. The highest BCUT2D eigenvalue weighted by Crippen LogP contribution is 2.22. The second kappa shape index (κ2) is 5.08. The average molecular weight is 263 g/mol. The molecule has 0 unspecified atom stereocenters. The first-order valence-corrected chi connectivity index (χ1v) is 6.59. The van der Waals surface area contributed by atoms with Crippen molar-refractivity contribution in [3.05, 3.63) is 35.5 Å². The van der Waals surface area contributed by atoms with Gasteiger partial charge in [-0.05, 0) is 38.1 Å². The zero-order valence-electron chi connectivity index (χ0n) is 10.0. The number of hydrogen-bond acceptors (Lipinski definition) is 3. The van der Waals surface area contributed by atoms with Gasteiger partial charge >= 0.3 is 0 Å². The fraction of sp³-hybridized carbons (Fsp3) is 0.385. The van der Waals surface area contributed by atoms with Gasteiger partial charge in [0.25, 0.3) is 0 Å². The van der Waals surface area contributed by atoms with Gasteiger partial charge in [-0.1, -0.05) is 28.9 Å². The van der Waals surface area contributed by atoms with Gasteiger partial charge in [0, 0.05) is 10.6 Å². The van der Waals surface area contributed by atoms with Crippen LogP contribution in [0.15, 0.2) is 30.5 Å². The Kier molecular flexibility index (Phi) is 3.30. The van der Waals surface area contributed by atoms with Crippen LogP contribution in [0.5, 0.6) is 0 Å². The fourth-order valence-electron chi connectivity index (χ4n) is 2.28. The summed E-state index contributed by atoms with van der Waals surface area (Å²) in [4.78, 5) is 0. The molecular formula is C13H15ClN4. The molecule has 0 atom stereocenters.